The number of carbonyl (C=O) groups excluding carboxylic acids is 3. The first-order valence-corrected chi connectivity index (χ1v) is 13.9. The molecule has 3 aromatic rings. The fourth-order valence-electron chi connectivity index (χ4n) is 4.17. The standard InChI is InChI=1S/C29H35F4N7O5/c1-16(2)13-19-25-24(17(30)14-34-19)36-22(37-25)15-40-21(29(31,32)33)12-11-18(27(40)43)35-26(42)20(45-28(44)39(5)6)9-7-8-10-23(41)38(3)4/h8,10-12,14,16,20H,7,9,13,15H2,1-6H3,(H,35,42)(H,36,37)/b10-8+. The van der Waals surface area contributed by atoms with Crippen molar-refractivity contribution in [2.45, 2.75) is 51.9 Å². The fourth-order valence-corrected chi connectivity index (χ4v) is 4.17. The Morgan fingerprint density at radius 2 is 1.82 bits per heavy atom. The number of nitrogens with one attached hydrogen (secondary N) is 2. The third kappa shape index (κ3) is 8.89. The first kappa shape index (κ1) is 34.7. The van der Waals surface area contributed by atoms with Crippen LogP contribution in [0.25, 0.3) is 11.0 Å². The molecular weight excluding hydrogens is 602 g/mol. The van der Waals surface area contributed by atoms with Gasteiger partial charge in [0, 0.05) is 28.2 Å². The Labute approximate surface area is 256 Å². The third-order valence-corrected chi connectivity index (χ3v) is 6.43. The minimum Gasteiger partial charge on any atom is -0.436 e. The Balaban J connectivity index is 1.96. The van der Waals surface area contributed by atoms with Crippen molar-refractivity contribution in [1.82, 2.24) is 29.3 Å². The van der Waals surface area contributed by atoms with Gasteiger partial charge in [0.2, 0.25) is 5.91 Å². The number of carbonyl (C=O) groups is 3. The van der Waals surface area contributed by atoms with Gasteiger partial charge in [0.1, 0.15) is 22.7 Å². The molecule has 0 spiro atoms. The highest BCUT2D eigenvalue weighted by atomic mass is 19.4. The summed E-state index contributed by atoms with van der Waals surface area (Å²) in [5.41, 5.74) is -2.55. The molecule has 3 aromatic heterocycles. The molecule has 0 saturated carbocycles. The summed E-state index contributed by atoms with van der Waals surface area (Å²) < 4.78 is 62.1. The number of imidazole rings is 1. The lowest BCUT2D eigenvalue weighted by Gasteiger charge is -2.20. The third-order valence-electron chi connectivity index (χ3n) is 6.43. The van der Waals surface area contributed by atoms with Gasteiger partial charge in [0.15, 0.2) is 11.9 Å². The molecule has 244 valence electrons. The SMILES string of the molecule is CC(C)Cc1ncc(F)c2nc(Cn3c(C(F)(F)F)ccc(NC(=O)C(CC/C=C/C(=O)N(C)C)OC(=O)N(C)C)c3=O)[nH]c12. The van der Waals surface area contributed by atoms with Crippen molar-refractivity contribution in [3.63, 3.8) is 0 Å². The van der Waals surface area contributed by atoms with Crippen molar-refractivity contribution in [2.24, 2.45) is 5.92 Å². The smallest absolute Gasteiger partial charge is 0.431 e. The van der Waals surface area contributed by atoms with Crippen LogP contribution in [-0.4, -0.2) is 81.5 Å². The number of aromatic amines is 1. The summed E-state index contributed by atoms with van der Waals surface area (Å²) in [4.78, 5) is 63.9. The van der Waals surface area contributed by atoms with Crippen molar-refractivity contribution in [1.29, 1.82) is 0 Å². The molecule has 1 atom stereocenters. The molecule has 0 aliphatic carbocycles. The Kier molecular flexibility index (Phi) is 11.1. The molecule has 0 radical (unpaired) electrons. The summed E-state index contributed by atoms with van der Waals surface area (Å²) in [7, 11) is 5.86. The lowest BCUT2D eigenvalue weighted by molar-refractivity contribution is -0.144. The van der Waals surface area contributed by atoms with Crippen LogP contribution in [0.3, 0.4) is 0 Å². The van der Waals surface area contributed by atoms with E-state index in [1.54, 1.807) is 14.1 Å². The van der Waals surface area contributed by atoms with Gasteiger partial charge in [-0.1, -0.05) is 19.9 Å². The largest absolute Gasteiger partial charge is 0.436 e. The first-order chi connectivity index (χ1) is 21.0. The predicted octanol–water partition coefficient (Wildman–Crippen LogP) is 3.95. The minimum absolute atomic E-state index is 0.102. The van der Waals surface area contributed by atoms with E-state index in [9.17, 15) is 36.7 Å². The van der Waals surface area contributed by atoms with Crippen molar-refractivity contribution < 1.29 is 36.7 Å². The molecule has 0 aliphatic heterocycles. The minimum atomic E-state index is -4.97. The lowest BCUT2D eigenvalue weighted by atomic mass is 10.1. The Hall–Kier alpha value is -4.76. The number of likely N-dealkylation sites (N-methyl/N-ethyl adjacent to an activating group) is 1. The molecule has 3 rings (SSSR count). The number of pyridine rings is 2. The topological polar surface area (TPSA) is 143 Å². The number of hydrogen-bond acceptors (Lipinski definition) is 7. The van der Waals surface area contributed by atoms with E-state index in [0.717, 1.165) is 17.2 Å². The molecule has 1 unspecified atom stereocenters. The van der Waals surface area contributed by atoms with Gasteiger partial charge >= 0.3 is 12.3 Å². The molecule has 0 bridgehead atoms. The van der Waals surface area contributed by atoms with Crippen molar-refractivity contribution in [3.05, 3.63) is 63.9 Å². The first-order valence-electron chi connectivity index (χ1n) is 13.9. The van der Waals surface area contributed by atoms with Crippen LogP contribution in [0.5, 0.6) is 0 Å². The van der Waals surface area contributed by atoms with E-state index in [-0.39, 0.29) is 41.5 Å². The zero-order valence-corrected chi connectivity index (χ0v) is 25.7. The van der Waals surface area contributed by atoms with Crippen LogP contribution in [0, 0.1) is 11.7 Å². The highest BCUT2D eigenvalue weighted by Crippen LogP contribution is 2.30. The van der Waals surface area contributed by atoms with E-state index in [1.165, 1.54) is 31.1 Å². The number of aromatic nitrogens is 4. The fraction of sp³-hybridized carbons (Fsp3) is 0.448. The maximum atomic E-state index is 14.5. The van der Waals surface area contributed by atoms with Crippen LogP contribution >= 0.6 is 0 Å². The van der Waals surface area contributed by atoms with Crippen LogP contribution in [0.2, 0.25) is 0 Å². The normalized spacial score (nSPS) is 12.5. The van der Waals surface area contributed by atoms with Crippen LogP contribution < -0.4 is 10.9 Å². The number of H-pyrrole nitrogens is 1. The van der Waals surface area contributed by atoms with E-state index in [2.05, 4.69) is 20.3 Å². The molecule has 12 nitrogen and oxygen atoms in total. The van der Waals surface area contributed by atoms with Gasteiger partial charge in [-0.3, -0.25) is 23.9 Å². The Bertz CT molecular complexity index is 1640. The molecule has 45 heavy (non-hydrogen) atoms. The van der Waals surface area contributed by atoms with Crippen molar-refractivity contribution in [3.8, 4) is 0 Å². The zero-order chi connectivity index (χ0) is 33.6. The van der Waals surface area contributed by atoms with Gasteiger partial charge in [-0.25, -0.2) is 14.2 Å². The Morgan fingerprint density at radius 1 is 1.13 bits per heavy atom. The number of ether oxygens (including phenoxy) is 1. The lowest BCUT2D eigenvalue weighted by Crippen LogP contribution is -2.38. The van der Waals surface area contributed by atoms with E-state index in [0.29, 0.717) is 22.7 Å². The van der Waals surface area contributed by atoms with Crippen LogP contribution in [0.4, 0.5) is 28.0 Å². The van der Waals surface area contributed by atoms with Gasteiger partial charge in [-0.15, -0.1) is 0 Å². The highest BCUT2D eigenvalue weighted by molar-refractivity contribution is 5.95. The summed E-state index contributed by atoms with van der Waals surface area (Å²) in [5, 5.41) is 2.26. The average molecular weight is 638 g/mol. The molecule has 16 heteroatoms. The van der Waals surface area contributed by atoms with E-state index >= 15 is 0 Å². The summed E-state index contributed by atoms with van der Waals surface area (Å²) in [6.45, 7) is 3.09. The second kappa shape index (κ2) is 14.3. The summed E-state index contributed by atoms with van der Waals surface area (Å²) in [5.74, 6) is -2.09. The maximum Gasteiger partial charge on any atom is 0.431 e. The van der Waals surface area contributed by atoms with E-state index in [4.69, 9.17) is 4.74 Å². The summed E-state index contributed by atoms with van der Waals surface area (Å²) in [6, 6.07) is 1.41. The molecular formula is C29H35F4N7O5. The number of rotatable bonds is 11. The second-order valence-corrected chi connectivity index (χ2v) is 11.0. The van der Waals surface area contributed by atoms with Gasteiger partial charge in [0.25, 0.3) is 11.5 Å². The molecule has 0 aromatic carbocycles. The molecule has 0 fully saturated rings. The second-order valence-electron chi connectivity index (χ2n) is 11.0. The quantitative estimate of drug-likeness (QED) is 0.240. The van der Waals surface area contributed by atoms with E-state index in [1.807, 2.05) is 13.8 Å². The number of nitrogens with zero attached hydrogens (tertiary/aromatic N) is 5. The number of fused-ring (bicyclic) bond motifs is 1. The average Bonchev–Trinajstić information content (AvgIpc) is 3.37. The number of anilines is 1. The van der Waals surface area contributed by atoms with E-state index < -0.39 is 53.6 Å². The number of allylic oxidation sites excluding steroid dienone is 1. The van der Waals surface area contributed by atoms with Crippen LogP contribution in [-0.2, 0) is 33.5 Å². The van der Waals surface area contributed by atoms with Crippen LogP contribution in [0.1, 0.15) is 43.9 Å². The summed E-state index contributed by atoms with van der Waals surface area (Å²) in [6.07, 6.45) is -3.14. The van der Waals surface area contributed by atoms with Crippen molar-refractivity contribution in [2.75, 3.05) is 33.5 Å². The van der Waals surface area contributed by atoms with Gasteiger partial charge in [-0.2, -0.15) is 13.2 Å². The summed E-state index contributed by atoms with van der Waals surface area (Å²) >= 11 is 0. The number of hydrogen-bond donors (Lipinski definition) is 2. The molecule has 3 amide bonds. The highest BCUT2D eigenvalue weighted by Gasteiger charge is 2.35. The Morgan fingerprint density at radius 3 is 2.42 bits per heavy atom. The number of halogens is 4. The molecule has 0 saturated heterocycles. The monoisotopic (exact) mass is 637 g/mol. The number of alkyl halides is 3. The zero-order valence-electron chi connectivity index (χ0n) is 25.7. The number of amides is 3. The molecule has 3 heterocycles. The molecule has 0 aliphatic rings. The maximum absolute atomic E-state index is 14.5. The predicted molar refractivity (Wildman–Crippen MR) is 157 cm³/mol. The van der Waals surface area contributed by atoms with Gasteiger partial charge in [-0.05, 0) is 43.4 Å². The van der Waals surface area contributed by atoms with Crippen molar-refractivity contribution >= 4 is 34.6 Å². The molecule has 2 N–H and O–H groups in total. The van der Waals surface area contributed by atoms with Crippen LogP contribution in [0.15, 0.2) is 35.3 Å². The van der Waals surface area contributed by atoms with Gasteiger partial charge < -0.3 is 24.8 Å². The van der Waals surface area contributed by atoms with Gasteiger partial charge in [0.05, 0.1) is 24.0 Å².